The zero-order valence-corrected chi connectivity index (χ0v) is 7.38. The van der Waals surface area contributed by atoms with Gasteiger partial charge in [-0.05, 0) is 31.5 Å². The number of hydrogen-bond donors (Lipinski definition) is 2. The van der Waals surface area contributed by atoms with Gasteiger partial charge in [0.05, 0.1) is 0 Å². The molecule has 0 saturated heterocycles. The monoisotopic (exact) mass is 165 g/mol. The number of rotatable bonds is 4. The number of nitrogens with two attached hydrogens (primary N) is 1. The van der Waals surface area contributed by atoms with E-state index in [0.717, 1.165) is 30.8 Å². The van der Waals surface area contributed by atoms with Crippen LogP contribution in [0.4, 0.5) is 5.69 Å². The maximum absolute atomic E-state index is 5.40. The van der Waals surface area contributed by atoms with Crippen LogP contribution >= 0.6 is 0 Å². The molecule has 0 aliphatic heterocycles. The van der Waals surface area contributed by atoms with Crippen LogP contribution < -0.4 is 11.1 Å². The largest absolute Gasteiger partial charge is 0.388 e. The summed E-state index contributed by atoms with van der Waals surface area (Å²) in [5.74, 6) is 0. The number of pyridine rings is 1. The predicted molar refractivity (Wildman–Crippen MR) is 51.2 cm³/mol. The molecular formula is C9H15N3. The van der Waals surface area contributed by atoms with Gasteiger partial charge in [-0.1, -0.05) is 0 Å². The molecule has 0 atom stereocenters. The minimum Gasteiger partial charge on any atom is -0.388 e. The fourth-order valence-corrected chi connectivity index (χ4v) is 1.05. The van der Waals surface area contributed by atoms with E-state index in [2.05, 4.69) is 16.4 Å². The maximum atomic E-state index is 5.40. The molecule has 0 unspecified atom stereocenters. The third kappa shape index (κ3) is 2.51. The smallest absolute Gasteiger partial charge is 0.0424 e. The van der Waals surface area contributed by atoms with Crippen LogP contribution in [0.5, 0.6) is 0 Å². The number of hydrogen-bond acceptors (Lipinski definition) is 3. The second kappa shape index (κ2) is 4.72. The topological polar surface area (TPSA) is 50.9 Å². The lowest BCUT2D eigenvalue weighted by Gasteiger charge is -2.02. The lowest BCUT2D eigenvalue weighted by atomic mass is 10.2. The zero-order chi connectivity index (χ0) is 8.81. The van der Waals surface area contributed by atoms with Crippen LogP contribution in [-0.4, -0.2) is 18.6 Å². The summed E-state index contributed by atoms with van der Waals surface area (Å²) in [4.78, 5) is 4.23. The number of aryl methyl sites for hydroxylation is 1. The average molecular weight is 165 g/mol. The second-order valence-electron chi connectivity index (χ2n) is 2.68. The Kier molecular flexibility index (Phi) is 3.54. The Hall–Kier alpha value is -1.09. The normalized spacial score (nSPS) is 9.83. The van der Waals surface area contributed by atoms with Gasteiger partial charge in [-0.3, -0.25) is 4.98 Å². The minimum absolute atomic E-state index is 0.728. The molecule has 1 aromatic rings. The highest BCUT2D eigenvalue weighted by Gasteiger charge is 1.94. The molecule has 0 bridgehead atoms. The Morgan fingerprint density at radius 3 is 3.08 bits per heavy atom. The van der Waals surface area contributed by atoms with Crippen LogP contribution in [0.15, 0.2) is 18.3 Å². The molecular weight excluding hydrogens is 150 g/mol. The van der Waals surface area contributed by atoms with Gasteiger partial charge in [0.2, 0.25) is 0 Å². The van der Waals surface area contributed by atoms with E-state index in [-0.39, 0.29) is 0 Å². The van der Waals surface area contributed by atoms with Crippen molar-refractivity contribution in [3.05, 3.63) is 24.0 Å². The van der Waals surface area contributed by atoms with Crippen LogP contribution in [0.2, 0.25) is 0 Å². The maximum Gasteiger partial charge on any atom is 0.0424 e. The summed E-state index contributed by atoms with van der Waals surface area (Å²) in [6.45, 7) is 0.728. The number of nitrogens with one attached hydrogen (secondary N) is 1. The first kappa shape index (κ1) is 9.00. The van der Waals surface area contributed by atoms with Gasteiger partial charge in [0.25, 0.3) is 0 Å². The van der Waals surface area contributed by atoms with Crippen molar-refractivity contribution in [2.45, 2.75) is 12.8 Å². The number of nitrogens with zero attached hydrogens (tertiary/aromatic N) is 1. The van der Waals surface area contributed by atoms with Crippen LogP contribution in [0.1, 0.15) is 12.1 Å². The van der Waals surface area contributed by atoms with E-state index in [9.17, 15) is 0 Å². The third-order valence-electron chi connectivity index (χ3n) is 1.74. The lowest BCUT2D eigenvalue weighted by Crippen LogP contribution is -2.01. The minimum atomic E-state index is 0.728. The molecule has 66 valence electrons. The molecule has 0 saturated carbocycles. The highest BCUT2D eigenvalue weighted by atomic mass is 14.8. The first-order valence-corrected chi connectivity index (χ1v) is 4.19. The molecule has 0 spiro atoms. The molecule has 0 amide bonds. The SMILES string of the molecule is CNc1ccnc(CCCN)c1. The molecule has 3 nitrogen and oxygen atoms in total. The highest BCUT2D eigenvalue weighted by molar-refractivity contribution is 5.42. The van der Waals surface area contributed by atoms with Crippen LogP contribution in [0.25, 0.3) is 0 Å². The number of aromatic nitrogens is 1. The van der Waals surface area contributed by atoms with E-state index in [4.69, 9.17) is 5.73 Å². The van der Waals surface area contributed by atoms with E-state index in [0.29, 0.717) is 0 Å². The van der Waals surface area contributed by atoms with E-state index < -0.39 is 0 Å². The van der Waals surface area contributed by atoms with Gasteiger partial charge in [0.15, 0.2) is 0 Å². The van der Waals surface area contributed by atoms with Gasteiger partial charge in [0, 0.05) is 24.6 Å². The Balaban J connectivity index is 2.60. The fourth-order valence-electron chi connectivity index (χ4n) is 1.05. The number of anilines is 1. The summed E-state index contributed by atoms with van der Waals surface area (Å²) in [6.07, 6.45) is 3.78. The molecule has 12 heavy (non-hydrogen) atoms. The quantitative estimate of drug-likeness (QED) is 0.700. The van der Waals surface area contributed by atoms with Gasteiger partial charge < -0.3 is 11.1 Å². The van der Waals surface area contributed by atoms with Crippen LogP contribution in [-0.2, 0) is 6.42 Å². The summed E-state index contributed by atoms with van der Waals surface area (Å²) < 4.78 is 0. The van der Waals surface area contributed by atoms with Crippen LogP contribution in [0.3, 0.4) is 0 Å². The molecule has 0 aromatic carbocycles. The summed E-state index contributed by atoms with van der Waals surface area (Å²) >= 11 is 0. The summed E-state index contributed by atoms with van der Waals surface area (Å²) in [5.41, 5.74) is 7.62. The lowest BCUT2D eigenvalue weighted by molar-refractivity contribution is 0.811. The van der Waals surface area contributed by atoms with Crippen molar-refractivity contribution < 1.29 is 0 Å². The standard InChI is InChI=1S/C9H15N3/c1-11-8-4-6-12-9(7-8)3-2-5-10/h4,6-7H,2-3,5,10H2,1H3,(H,11,12). The van der Waals surface area contributed by atoms with Gasteiger partial charge >= 0.3 is 0 Å². The van der Waals surface area contributed by atoms with Gasteiger partial charge in [0.1, 0.15) is 0 Å². The van der Waals surface area contributed by atoms with Crippen molar-refractivity contribution >= 4 is 5.69 Å². The van der Waals surface area contributed by atoms with E-state index in [1.54, 1.807) is 0 Å². The molecule has 1 rings (SSSR count). The predicted octanol–water partition coefficient (Wildman–Crippen LogP) is 1.01. The molecule has 1 aromatic heterocycles. The second-order valence-corrected chi connectivity index (χ2v) is 2.68. The van der Waals surface area contributed by atoms with E-state index >= 15 is 0 Å². The third-order valence-corrected chi connectivity index (χ3v) is 1.74. The van der Waals surface area contributed by atoms with Gasteiger partial charge in [-0.25, -0.2) is 0 Å². The van der Waals surface area contributed by atoms with Gasteiger partial charge in [-0.15, -0.1) is 0 Å². The fraction of sp³-hybridized carbons (Fsp3) is 0.444. The molecule has 1 heterocycles. The molecule has 3 N–H and O–H groups in total. The molecule has 0 aliphatic carbocycles. The Labute approximate surface area is 73.0 Å². The molecule has 3 heteroatoms. The zero-order valence-electron chi connectivity index (χ0n) is 7.38. The summed E-state index contributed by atoms with van der Waals surface area (Å²) in [6, 6.07) is 4.00. The first-order chi connectivity index (χ1) is 5.86. The molecule has 0 radical (unpaired) electrons. The Morgan fingerprint density at radius 1 is 1.58 bits per heavy atom. The Morgan fingerprint density at radius 2 is 2.42 bits per heavy atom. The highest BCUT2D eigenvalue weighted by Crippen LogP contribution is 2.07. The van der Waals surface area contributed by atoms with E-state index in [1.807, 2.05) is 19.3 Å². The van der Waals surface area contributed by atoms with Crippen molar-refractivity contribution in [1.82, 2.24) is 4.98 Å². The van der Waals surface area contributed by atoms with Gasteiger partial charge in [-0.2, -0.15) is 0 Å². The van der Waals surface area contributed by atoms with E-state index in [1.165, 1.54) is 0 Å². The average Bonchev–Trinajstić information content (AvgIpc) is 2.15. The summed E-state index contributed by atoms with van der Waals surface area (Å²) in [7, 11) is 1.90. The molecule has 0 aliphatic rings. The van der Waals surface area contributed by atoms with Crippen molar-refractivity contribution in [2.24, 2.45) is 5.73 Å². The van der Waals surface area contributed by atoms with Crippen molar-refractivity contribution in [3.63, 3.8) is 0 Å². The van der Waals surface area contributed by atoms with Crippen molar-refractivity contribution in [3.8, 4) is 0 Å². The first-order valence-electron chi connectivity index (χ1n) is 4.19. The summed E-state index contributed by atoms with van der Waals surface area (Å²) in [5, 5.41) is 3.07. The van der Waals surface area contributed by atoms with Crippen molar-refractivity contribution in [2.75, 3.05) is 18.9 Å². The molecule has 0 fully saturated rings. The van der Waals surface area contributed by atoms with Crippen molar-refractivity contribution in [1.29, 1.82) is 0 Å². The Bertz CT molecular complexity index is 235. The van der Waals surface area contributed by atoms with Crippen LogP contribution in [0, 0.1) is 0 Å².